The van der Waals surface area contributed by atoms with E-state index < -0.39 is 24.0 Å². The first-order valence-corrected chi connectivity index (χ1v) is 7.25. The Morgan fingerprint density at radius 3 is 2.46 bits per heavy atom. The monoisotopic (exact) mass is 330 g/mol. The van der Waals surface area contributed by atoms with Crippen LogP contribution in [0.3, 0.4) is 0 Å². The summed E-state index contributed by atoms with van der Waals surface area (Å²) < 4.78 is 6.58. The molecule has 0 aliphatic rings. The minimum atomic E-state index is -1.13. The summed E-state index contributed by atoms with van der Waals surface area (Å²) in [6.07, 6.45) is 0.239. The van der Waals surface area contributed by atoms with Crippen LogP contribution in [-0.4, -0.2) is 33.8 Å². The summed E-state index contributed by atoms with van der Waals surface area (Å²) in [5.41, 5.74) is 1.43. The largest absolute Gasteiger partial charge is 0.449 e. The molecule has 0 saturated carbocycles. The van der Waals surface area contributed by atoms with Gasteiger partial charge in [-0.05, 0) is 26.0 Å². The summed E-state index contributed by atoms with van der Waals surface area (Å²) in [5, 5.41) is 8.55. The lowest BCUT2D eigenvalue weighted by Gasteiger charge is -2.13. The molecular weight excluding hydrogens is 312 g/mol. The maximum atomic E-state index is 12.0. The topological polar surface area (TPSA) is 102 Å². The number of anilines is 1. The molecule has 3 amide bonds. The standard InChI is InChI=1S/C16H18N4O4/c1-10-13(9-17-20(10)3)15(22)24-11(2)14(21)19-16(23)18-12-7-5-4-6-8-12/h4-9,11H,1-3H3,(H2,18,19,21,23). The Kier molecular flexibility index (Phi) is 5.31. The van der Waals surface area contributed by atoms with Crippen molar-refractivity contribution in [2.75, 3.05) is 5.32 Å². The minimum absolute atomic E-state index is 0.269. The van der Waals surface area contributed by atoms with Gasteiger partial charge in [-0.3, -0.25) is 14.8 Å². The minimum Gasteiger partial charge on any atom is -0.449 e. The van der Waals surface area contributed by atoms with Gasteiger partial charge in [0.2, 0.25) is 0 Å². The summed E-state index contributed by atoms with van der Waals surface area (Å²) >= 11 is 0. The van der Waals surface area contributed by atoms with Gasteiger partial charge in [0.1, 0.15) is 5.56 Å². The number of hydrogen-bond donors (Lipinski definition) is 2. The van der Waals surface area contributed by atoms with E-state index in [4.69, 9.17) is 4.74 Å². The molecule has 2 aromatic rings. The zero-order valence-electron chi connectivity index (χ0n) is 13.6. The number of para-hydroxylation sites is 1. The summed E-state index contributed by atoms with van der Waals surface area (Å²) in [6, 6.07) is 7.95. The number of hydrogen-bond acceptors (Lipinski definition) is 5. The molecule has 24 heavy (non-hydrogen) atoms. The SMILES string of the molecule is Cc1c(C(=O)OC(C)C(=O)NC(=O)Nc2ccccc2)cnn1C. The maximum Gasteiger partial charge on any atom is 0.342 e. The molecule has 0 fully saturated rings. The average molecular weight is 330 g/mol. The van der Waals surface area contributed by atoms with Crippen molar-refractivity contribution < 1.29 is 19.1 Å². The zero-order valence-corrected chi connectivity index (χ0v) is 13.6. The van der Waals surface area contributed by atoms with Gasteiger partial charge in [0, 0.05) is 18.4 Å². The van der Waals surface area contributed by atoms with E-state index >= 15 is 0 Å². The quantitative estimate of drug-likeness (QED) is 0.829. The third kappa shape index (κ3) is 4.19. The van der Waals surface area contributed by atoms with Crippen LogP contribution in [0.4, 0.5) is 10.5 Å². The fourth-order valence-electron chi connectivity index (χ4n) is 1.87. The van der Waals surface area contributed by atoms with Crippen LogP contribution in [0, 0.1) is 6.92 Å². The lowest BCUT2D eigenvalue weighted by molar-refractivity contribution is -0.127. The van der Waals surface area contributed by atoms with Crippen LogP contribution in [0.2, 0.25) is 0 Å². The fraction of sp³-hybridized carbons (Fsp3) is 0.250. The number of carbonyl (C=O) groups is 3. The second-order valence-electron chi connectivity index (χ2n) is 5.12. The van der Waals surface area contributed by atoms with E-state index in [1.165, 1.54) is 17.8 Å². The number of aromatic nitrogens is 2. The van der Waals surface area contributed by atoms with Crippen LogP contribution in [0.25, 0.3) is 0 Å². The second kappa shape index (κ2) is 7.40. The Hall–Kier alpha value is -3.16. The van der Waals surface area contributed by atoms with Gasteiger partial charge in [-0.15, -0.1) is 0 Å². The molecule has 0 aliphatic carbocycles. The van der Waals surface area contributed by atoms with Gasteiger partial charge >= 0.3 is 12.0 Å². The van der Waals surface area contributed by atoms with Gasteiger partial charge in [0.05, 0.1) is 6.20 Å². The molecule has 8 heteroatoms. The van der Waals surface area contributed by atoms with Gasteiger partial charge in [0.25, 0.3) is 5.91 Å². The first-order valence-electron chi connectivity index (χ1n) is 7.25. The third-order valence-corrected chi connectivity index (χ3v) is 3.38. The van der Waals surface area contributed by atoms with Crippen LogP contribution in [0.5, 0.6) is 0 Å². The lowest BCUT2D eigenvalue weighted by Crippen LogP contribution is -2.41. The highest BCUT2D eigenvalue weighted by molar-refractivity contribution is 6.03. The van der Waals surface area contributed by atoms with Crippen LogP contribution < -0.4 is 10.6 Å². The number of rotatable bonds is 4. The van der Waals surface area contributed by atoms with Crippen LogP contribution in [0.1, 0.15) is 23.0 Å². The molecule has 0 aliphatic heterocycles. The van der Waals surface area contributed by atoms with E-state index in [-0.39, 0.29) is 5.56 Å². The Morgan fingerprint density at radius 2 is 1.88 bits per heavy atom. The molecular formula is C16H18N4O4. The zero-order chi connectivity index (χ0) is 17.7. The van der Waals surface area contributed by atoms with Crippen LogP contribution in [-0.2, 0) is 16.6 Å². The molecule has 0 spiro atoms. The average Bonchev–Trinajstić information content (AvgIpc) is 2.87. The highest BCUT2D eigenvalue weighted by atomic mass is 16.5. The van der Waals surface area contributed by atoms with E-state index in [0.717, 1.165) is 0 Å². The number of nitrogens with one attached hydrogen (secondary N) is 2. The fourth-order valence-corrected chi connectivity index (χ4v) is 1.87. The molecule has 1 heterocycles. The molecule has 1 atom stereocenters. The molecule has 0 radical (unpaired) electrons. The molecule has 0 bridgehead atoms. The van der Waals surface area contributed by atoms with Crippen molar-refractivity contribution in [1.29, 1.82) is 0 Å². The van der Waals surface area contributed by atoms with Gasteiger partial charge in [-0.25, -0.2) is 9.59 Å². The van der Waals surface area contributed by atoms with Crippen molar-refractivity contribution in [2.24, 2.45) is 7.05 Å². The van der Waals surface area contributed by atoms with E-state index in [1.807, 2.05) is 0 Å². The Labute approximate surface area is 138 Å². The number of ether oxygens (including phenoxy) is 1. The van der Waals surface area contributed by atoms with E-state index in [0.29, 0.717) is 11.4 Å². The number of benzene rings is 1. The molecule has 2 rings (SSSR count). The number of esters is 1. The van der Waals surface area contributed by atoms with Crippen molar-refractivity contribution in [3.05, 3.63) is 47.8 Å². The van der Waals surface area contributed by atoms with E-state index in [9.17, 15) is 14.4 Å². The molecule has 0 saturated heterocycles. The van der Waals surface area contributed by atoms with Crippen molar-refractivity contribution in [2.45, 2.75) is 20.0 Å². The first kappa shape index (κ1) is 17.2. The molecule has 8 nitrogen and oxygen atoms in total. The van der Waals surface area contributed by atoms with Gasteiger partial charge in [-0.1, -0.05) is 18.2 Å². The number of aryl methyl sites for hydroxylation is 1. The normalized spacial score (nSPS) is 11.5. The first-order chi connectivity index (χ1) is 11.4. The highest BCUT2D eigenvalue weighted by Crippen LogP contribution is 2.09. The van der Waals surface area contributed by atoms with Gasteiger partial charge in [0.15, 0.2) is 6.10 Å². The molecule has 1 aromatic carbocycles. The number of nitrogens with zero attached hydrogens (tertiary/aromatic N) is 2. The number of imide groups is 1. The summed E-state index contributed by atoms with van der Waals surface area (Å²) in [6.45, 7) is 3.09. The summed E-state index contributed by atoms with van der Waals surface area (Å²) in [5.74, 6) is -1.40. The lowest BCUT2D eigenvalue weighted by atomic mass is 10.2. The molecule has 126 valence electrons. The number of carbonyl (C=O) groups excluding carboxylic acids is 3. The molecule has 1 aromatic heterocycles. The summed E-state index contributed by atoms with van der Waals surface area (Å²) in [7, 11) is 1.69. The molecule has 1 unspecified atom stereocenters. The van der Waals surface area contributed by atoms with Crippen molar-refractivity contribution in [1.82, 2.24) is 15.1 Å². The number of amides is 3. The maximum absolute atomic E-state index is 12.0. The Balaban J connectivity index is 1.89. The van der Waals surface area contributed by atoms with Crippen molar-refractivity contribution in [3.63, 3.8) is 0 Å². The van der Waals surface area contributed by atoms with Gasteiger partial charge in [-0.2, -0.15) is 5.10 Å². The van der Waals surface area contributed by atoms with E-state index in [2.05, 4.69) is 15.7 Å². The Morgan fingerprint density at radius 1 is 1.21 bits per heavy atom. The van der Waals surface area contributed by atoms with E-state index in [1.54, 1.807) is 44.3 Å². The second-order valence-corrected chi connectivity index (χ2v) is 5.12. The van der Waals surface area contributed by atoms with Crippen molar-refractivity contribution in [3.8, 4) is 0 Å². The van der Waals surface area contributed by atoms with Crippen LogP contribution in [0.15, 0.2) is 36.5 Å². The molecule has 2 N–H and O–H groups in total. The Bertz CT molecular complexity index is 755. The predicted octanol–water partition coefficient (Wildman–Crippen LogP) is 1.62. The highest BCUT2D eigenvalue weighted by Gasteiger charge is 2.23. The van der Waals surface area contributed by atoms with Gasteiger partial charge < -0.3 is 10.1 Å². The number of urea groups is 1. The summed E-state index contributed by atoms with van der Waals surface area (Å²) in [4.78, 5) is 35.7. The predicted molar refractivity (Wildman–Crippen MR) is 86.4 cm³/mol. The third-order valence-electron chi connectivity index (χ3n) is 3.38. The van der Waals surface area contributed by atoms with Crippen molar-refractivity contribution >= 4 is 23.6 Å². The smallest absolute Gasteiger partial charge is 0.342 e. The van der Waals surface area contributed by atoms with Crippen LogP contribution >= 0.6 is 0 Å².